The van der Waals surface area contributed by atoms with Gasteiger partial charge in [0.1, 0.15) is 18.1 Å². The number of primary amides is 2. The monoisotopic (exact) mass is 460 g/mol. The standard InChI is InChI=1S/C17H28N6O7S/c18-8(7-31)16(28)23-5-1-2-11(23)15(27)21-9(3-4-12(19)24)14(26)22-10(17(29)30)6-13(20)25/h8-11,31H,1-7,18H2,(H2,19,24)(H2,20,25)(H,21,27)(H,22,26)(H,29,30). The van der Waals surface area contributed by atoms with E-state index in [0.29, 0.717) is 19.4 Å². The average Bonchev–Trinajstić information content (AvgIpc) is 3.18. The van der Waals surface area contributed by atoms with Crippen LogP contribution in [0.2, 0.25) is 0 Å². The van der Waals surface area contributed by atoms with Crippen LogP contribution in [-0.4, -0.2) is 82.0 Å². The van der Waals surface area contributed by atoms with Gasteiger partial charge in [-0.25, -0.2) is 4.79 Å². The molecule has 0 bridgehead atoms. The number of hydrogen-bond donors (Lipinski definition) is 7. The van der Waals surface area contributed by atoms with E-state index in [9.17, 15) is 28.8 Å². The first-order chi connectivity index (χ1) is 14.5. The summed E-state index contributed by atoms with van der Waals surface area (Å²) in [5.41, 5.74) is 15.8. The van der Waals surface area contributed by atoms with Crippen LogP contribution < -0.4 is 27.8 Å². The summed E-state index contributed by atoms with van der Waals surface area (Å²) >= 11 is 3.98. The molecule has 0 aromatic heterocycles. The lowest BCUT2D eigenvalue weighted by molar-refractivity contribution is -0.144. The minimum Gasteiger partial charge on any atom is -0.480 e. The summed E-state index contributed by atoms with van der Waals surface area (Å²) < 4.78 is 0. The second-order valence-electron chi connectivity index (χ2n) is 7.11. The van der Waals surface area contributed by atoms with Crippen LogP contribution in [-0.2, 0) is 28.8 Å². The van der Waals surface area contributed by atoms with Crippen LogP contribution in [0.25, 0.3) is 0 Å². The number of nitrogens with two attached hydrogens (primary N) is 3. The number of carbonyl (C=O) groups is 6. The smallest absolute Gasteiger partial charge is 0.326 e. The number of aliphatic carboxylic acids is 1. The molecule has 1 saturated heterocycles. The fraction of sp³-hybridized carbons (Fsp3) is 0.647. The largest absolute Gasteiger partial charge is 0.480 e. The highest BCUT2D eigenvalue weighted by atomic mass is 32.1. The zero-order valence-electron chi connectivity index (χ0n) is 16.8. The summed E-state index contributed by atoms with van der Waals surface area (Å²) in [7, 11) is 0. The van der Waals surface area contributed by atoms with Gasteiger partial charge in [-0.1, -0.05) is 0 Å². The normalized spacial score (nSPS) is 18.5. The van der Waals surface area contributed by atoms with E-state index in [4.69, 9.17) is 22.3 Å². The highest BCUT2D eigenvalue weighted by Gasteiger charge is 2.37. The van der Waals surface area contributed by atoms with Crippen molar-refractivity contribution in [3.8, 4) is 0 Å². The lowest BCUT2D eigenvalue weighted by Crippen LogP contribution is -2.57. The van der Waals surface area contributed by atoms with Gasteiger partial charge in [-0.15, -0.1) is 0 Å². The summed E-state index contributed by atoms with van der Waals surface area (Å²) in [5, 5.41) is 13.7. The Morgan fingerprint density at radius 2 is 1.71 bits per heavy atom. The third-order valence-corrected chi connectivity index (χ3v) is 5.08. The molecular formula is C17H28N6O7S. The zero-order chi connectivity index (χ0) is 23.7. The van der Waals surface area contributed by atoms with Crippen LogP contribution in [0.3, 0.4) is 0 Å². The molecule has 0 saturated carbocycles. The number of carboxylic acids is 1. The van der Waals surface area contributed by atoms with E-state index in [0.717, 1.165) is 0 Å². The van der Waals surface area contributed by atoms with Crippen LogP contribution >= 0.6 is 12.6 Å². The lowest BCUT2D eigenvalue weighted by atomic mass is 10.1. The van der Waals surface area contributed by atoms with Crippen molar-refractivity contribution in [3.05, 3.63) is 0 Å². The molecule has 0 radical (unpaired) electrons. The Morgan fingerprint density at radius 3 is 2.23 bits per heavy atom. The molecule has 0 aromatic carbocycles. The van der Waals surface area contributed by atoms with Crippen molar-refractivity contribution in [2.75, 3.05) is 12.3 Å². The van der Waals surface area contributed by atoms with E-state index >= 15 is 0 Å². The van der Waals surface area contributed by atoms with Gasteiger partial charge in [-0.3, -0.25) is 24.0 Å². The average molecular weight is 461 g/mol. The number of carboxylic acid groups (broad SMARTS) is 1. The first-order valence-corrected chi connectivity index (χ1v) is 10.2. The van der Waals surface area contributed by atoms with E-state index in [1.807, 2.05) is 0 Å². The minimum atomic E-state index is -1.61. The number of amides is 5. The van der Waals surface area contributed by atoms with Crippen LogP contribution in [0, 0.1) is 0 Å². The van der Waals surface area contributed by atoms with E-state index < -0.39 is 66.1 Å². The summed E-state index contributed by atoms with van der Waals surface area (Å²) in [6, 6.07) is -4.72. The van der Waals surface area contributed by atoms with Crippen molar-refractivity contribution in [1.29, 1.82) is 0 Å². The minimum absolute atomic E-state index is 0.0871. The molecule has 14 heteroatoms. The van der Waals surface area contributed by atoms with Gasteiger partial charge in [-0.05, 0) is 19.3 Å². The van der Waals surface area contributed by atoms with Crippen LogP contribution in [0.1, 0.15) is 32.1 Å². The molecule has 13 nitrogen and oxygen atoms in total. The van der Waals surface area contributed by atoms with Crippen molar-refractivity contribution in [2.45, 2.75) is 56.3 Å². The third-order valence-electron chi connectivity index (χ3n) is 4.68. The summed E-state index contributed by atoms with van der Waals surface area (Å²) in [6.07, 6.45) is -0.276. The number of likely N-dealkylation sites (tertiary alicyclic amines) is 1. The number of carbonyl (C=O) groups excluding carboxylic acids is 5. The fourth-order valence-electron chi connectivity index (χ4n) is 3.09. The number of rotatable bonds is 12. The first-order valence-electron chi connectivity index (χ1n) is 9.55. The first kappa shape index (κ1) is 26.2. The SMILES string of the molecule is NC(=O)CCC(NC(=O)C1CCCN1C(=O)C(N)CS)C(=O)NC(CC(N)=O)C(=O)O. The number of hydrogen-bond acceptors (Lipinski definition) is 8. The molecule has 1 heterocycles. The maximum absolute atomic E-state index is 12.8. The second-order valence-corrected chi connectivity index (χ2v) is 7.48. The predicted octanol–water partition coefficient (Wildman–Crippen LogP) is -3.57. The Bertz CT molecular complexity index is 734. The summed E-state index contributed by atoms with van der Waals surface area (Å²) in [4.78, 5) is 72.4. The summed E-state index contributed by atoms with van der Waals surface area (Å²) in [6.45, 7) is 0.302. The van der Waals surface area contributed by atoms with E-state index in [2.05, 4.69) is 23.3 Å². The van der Waals surface area contributed by atoms with Crippen LogP contribution in [0.4, 0.5) is 0 Å². The fourth-order valence-corrected chi connectivity index (χ4v) is 3.25. The molecule has 0 aliphatic carbocycles. The van der Waals surface area contributed by atoms with Gasteiger partial charge < -0.3 is 37.8 Å². The molecule has 31 heavy (non-hydrogen) atoms. The molecule has 0 spiro atoms. The second kappa shape index (κ2) is 12.1. The molecule has 1 aliphatic rings. The molecule has 174 valence electrons. The maximum atomic E-state index is 12.8. The van der Waals surface area contributed by atoms with E-state index in [-0.39, 0.29) is 18.6 Å². The number of nitrogens with zero attached hydrogens (tertiary/aromatic N) is 1. The molecule has 1 rings (SSSR count). The topological polar surface area (TPSA) is 228 Å². The molecule has 4 atom stereocenters. The number of nitrogens with one attached hydrogen (secondary N) is 2. The summed E-state index contributed by atoms with van der Waals surface area (Å²) in [5.74, 6) is -5.17. The van der Waals surface area contributed by atoms with Gasteiger partial charge in [0.25, 0.3) is 0 Å². The Kier molecular flexibility index (Phi) is 10.2. The Balaban J connectivity index is 2.94. The molecular weight excluding hydrogens is 432 g/mol. The van der Waals surface area contributed by atoms with Gasteiger partial charge >= 0.3 is 5.97 Å². The van der Waals surface area contributed by atoms with Gasteiger partial charge in [0.05, 0.1) is 12.5 Å². The lowest BCUT2D eigenvalue weighted by Gasteiger charge is -2.28. The van der Waals surface area contributed by atoms with E-state index in [1.165, 1.54) is 4.90 Å². The van der Waals surface area contributed by atoms with Gasteiger partial charge in [-0.2, -0.15) is 12.6 Å². The molecule has 9 N–H and O–H groups in total. The molecule has 4 unspecified atom stereocenters. The van der Waals surface area contributed by atoms with Crippen molar-refractivity contribution >= 4 is 48.1 Å². The molecule has 0 aromatic rings. The van der Waals surface area contributed by atoms with Crippen molar-refractivity contribution in [3.63, 3.8) is 0 Å². The van der Waals surface area contributed by atoms with Gasteiger partial charge in [0.2, 0.25) is 29.5 Å². The molecule has 1 aliphatic heterocycles. The van der Waals surface area contributed by atoms with Crippen molar-refractivity contribution in [2.24, 2.45) is 17.2 Å². The predicted molar refractivity (Wildman–Crippen MR) is 110 cm³/mol. The van der Waals surface area contributed by atoms with E-state index in [1.54, 1.807) is 0 Å². The maximum Gasteiger partial charge on any atom is 0.326 e. The Morgan fingerprint density at radius 1 is 1.06 bits per heavy atom. The van der Waals surface area contributed by atoms with Gasteiger partial charge in [0, 0.05) is 18.7 Å². The quantitative estimate of drug-likeness (QED) is 0.144. The third kappa shape index (κ3) is 8.05. The Labute approximate surface area is 183 Å². The highest BCUT2D eigenvalue weighted by molar-refractivity contribution is 7.80. The zero-order valence-corrected chi connectivity index (χ0v) is 17.7. The number of thiol groups is 1. The van der Waals surface area contributed by atoms with Crippen LogP contribution in [0.15, 0.2) is 0 Å². The van der Waals surface area contributed by atoms with Crippen LogP contribution in [0.5, 0.6) is 0 Å². The van der Waals surface area contributed by atoms with Crippen molar-refractivity contribution < 1.29 is 33.9 Å². The van der Waals surface area contributed by atoms with Gasteiger partial charge in [0.15, 0.2) is 0 Å². The molecule has 5 amide bonds. The van der Waals surface area contributed by atoms with Crippen molar-refractivity contribution in [1.82, 2.24) is 15.5 Å². The Hall–Kier alpha value is -2.87. The highest BCUT2D eigenvalue weighted by Crippen LogP contribution is 2.19. The molecule has 1 fully saturated rings.